The summed E-state index contributed by atoms with van der Waals surface area (Å²) in [5.41, 5.74) is 3.96. The minimum absolute atomic E-state index is 0.0510. The van der Waals surface area contributed by atoms with E-state index in [9.17, 15) is 4.79 Å². The van der Waals surface area contributed by atoms with Crippen molar-refractivity contribution in [2.75, 3.05) is 0 Å². The second-order valence-corrected chi connectivity index (χ2v) is 5.64. The fraction of sp³-hybridized carbons (Fsp3) is 0.643. The molecule has 5 heteroatoms. The van der Waals surface area contributed by atoms with E-state index >= 15 is 0 Å². The summed E-state index contributed by atoms with van der Waals surface area (Å²) in [6, 6.07) is 0. The number of amides is 1. The largest absolute Gasteiger partial charge is 0.279 e. The van der Waals surface area contributed by atoms with Crippen molar-refractivity contribution in [3.63, 3.8) is 0 Å². The molecule has 0 aromatic rings. The van der Waals surface area contributed by atoms with Crippen LogP contribution in [-0.4, -0.2) is 28.8 Å². The van der Waals surface area contributed by atoms with Crippen LogP contribution >= 0.6 is 0 Å². The molecular formula is C14H22N4O. The maximum atomic E-state index is 12.0. The van der Waals surface area contributed by atoms with Crippen LogP contribution in [0, 0.1) is 5.41 Å². The molecule has 0 radical (unpaired) electrons. The fourth-order valence-corrected chi connectivity index (χ4v) is 2.24. The first-order valence-corrected chi connectivity index (χ1v) is 6.81. The Morgan fingerprint density at radius 3 is 2.89 bits per heavy atom. The Hall–Kier alpha value is -1.65. The molecule has 0 aromatic carbocycles. The summed E-state index contributed by atoms with van der Waals surface area (Å²) in [4.78, 5) is 21.1. The van der Waals surface area contributed by atoms with Gasteiger partial charge in [-0.15, -0.1) is 6.58 Å². The van der Waals surface area contributed by atoms with Crippen molar-refractivity contribution in [3.05, 3.63) is 12.7 Å². The smallest absolute Gasteiger partial charge is 0.250 e. The van der Waals surface area contributed by atoms with Gasteiger partial charge in [-0.1, -0.05) is 26.8 Å². The van der Waals surface area contributed by atoms with Gasteiger partial charge in [-0.05, 0) is 19.3 Å². The predicted octanol–water partition coefficient (Wildman–Crippen LogP) is 2.26. The maximum Gasteiger partial charge on any atom is 0.250 e. The van der Waals surface area contributed by atoms with Crippen molar-refractivity contribution < 1.29 is 4.79 Å². The normalized spacial score (nSPS) is 22.6. The number of hydrazine groups is 1. The van der Waals surface area contributed by atoms with E-state index in [1.54, 1.807) is 5.01 Å². The van der Waals surface area contributed by atoms with E-state index < -0.39 is 6.29 Å². The van der Waals surface area contributed by atoms with E-state index in [0.717, 1.165) is 30.8 Å². The Morgan fingerprint density at radius 2 is 2.26 bits per heavy atom. The molecule has 5 nitrogen and oxygen atoms in total. The van der Waals surface area contributed by atoms with E-state index in [4.69, 9.17) is 0 Å². The van der Waals surface area contributed by atoms with Crippen molar-refractivity contribution >= 4 is 17.5 Å². The first-order chi connectivity index (χ1) is 8.97. The Labute approximate surface area is 114 Å². The number of allylic oxidation sites excluding steroid dienone is 1. The van der Waals surface area contributed by atoms with Gasteiger partial charge in [-0.3, -0.25) is 10.2 Å². The highest BCUT2D eigenvalue weighted by atomic mass is 16.2. The lowest BCUT2D eigenvalue weighted by Crippen LogP contribution is -2.50. The summed E-state index contributed by atoms with van der Waals surface area (Å²) >= 11 is 0. The molecule has 2 rings (SSSR count). The zero-order valence-corrected chi connectivity index (χ0v) is 11.9. The summed E-state index contributed by atoms with van der Waals surface area (Å²) in [5.74, 6) is 0.893. The number of amidine groups is 1. The second kappa shape index (κ2) is 5.15. The molecule has 0 saturated carbocycles. The van der Waals surface area contributed by atoms with Gasteiger partial charge in [-0.25, -0.2) is 15.0 Å². The number of aliphatic imine (C=N–C) groups is 2. The number of carbonyl (C=O) groups excluding carboxylic acids is 1. The molecular weight excluding hydrogens is 240 g/mol. The first-order valence-electron chi connectivity index (χ1n) is 6.81. The van der Waals surface area contributed by atoms with Gasteiger partial charge >= 0.3 is 0 Å². The predicted molar refractivity (Wildman–Crippen MR) is 76.8 cm³/mol. The van der Waals surface area contributed by atoms with Crippen LogP contribution in [0.5, 0.6) is 0 Å². The van der Waals surface area contributed by atoms with Gasteiger partial charge in [-0.2, -0.15) is 0 Å². The quantitative estimate of drug-likeness (QED) is 0.773. The number of nitrogens with zero attached hydrogens (tertiary/aromatic N) is 3. The number of rotatable bonds is 5. The summed E-state index contributed by atoms with van der Waals surface area (Å²) < 4.78 is 0. The fourth-order valence-electron chi connectivity index (χ4n) is 2.24. The summed E-state index contributed by atoms with van der Waals surface area (Å²) in [7, 11) is 0. The number of hydrogen-bond donors (Lipinski definition) is 1. The lowest BCUT2D eigenvalue weighted by atomic mass is 9.86. The molecule has 0 fully saturated rings. The van der Waals surface area contributed by atoms with Gasteiger partial charge in [0.25, 0.3) is 0 Å². The molecule has 19 heavy (non-hydrogen) atoms. The zero-order valence-electron chi connectivity index (χ0n) is 11.9. The number of hydrogen-bond acceptors (Lipinski definition) is 4. The molecule has 0 aromatic heterocycles. The molecule has 1 N–H and O–H groups in total. The molecule has 0 saturated heterocycles. The third-order valence-electron chi connectivity index (χ3n) is 3.65. The molecule has 104 valence electrons. The average molecular weight is 262 g/mol. The van der Waals surface area contributed by atoms with Gasteiger partial charge in [0.05, 0.1) is 6.42 Å². The molecule has 1 atom stereocenters. The van der Waals surface area contributed by atoms with Crippen LogP contribution in [0.2, 0.25) is 0 Å². The maximum absolute atomic E-state index is 12.0. The highest BCUT2D eigenvalue weighted by Crippen LogP contribution is 2.29. The summed E-state index contributed by atoms with van der Waals surface area (Å²) in [5, 5.41) is 1.55. The molecule has 2 aliphatic heterocycles. The van der Waals surface area contributed by atoms with E-state index in [-0.39, 0.29) is 11.3 Å². The minimum atomic E-state index is -0.408. The molecule has 0 spiro atoms. The Morgan fingerprint density at radius 1 is 1.53 bits per heavy atom. The van der Waals surface area contributed by atoms with Gasteiger partial charge in [0.15, 0.2) is 0 Å². The van der Waals surface area contributed by atoms with Crippen molar-refractivity contribution in [1.29, 1.82) is 0 Å². The van der Waals surface area contributed by atoms with Crippen LogP contribution in [-0.2, 0) is 4.79 Å². The molecule has 0 aliphatic carbocycles. The van der Waals surface area contributed by atoms with Gasteiger partial charge in [0.1, 0.15) is 5.84 Å². The average Bonchev–Trinajstić information content (AvgIpc) is 2.81. The van der Waals surface area contributed by atoms with Crippen molar-refractivity contribution in [3.8, 4) is 0 Å². The molecule has 1 unspecified atom stereocenters. The number of carbonyl (C=O) groups is 1. The number of nitrogens with one attached hydrogen (secondary N) is 1. The molecule has 2 heterocycles. The Balaban J connectivity index is 2.17. The van der Waals surface area contributed by atoms with Crippen molar-refractivity contribution in [1.82, 2.24) is 10.4 Å². The van der Waals surface area contributed by atoms with Crippen LogP contribution in [0.15, 0.2) is 22.6 Å². The Bertz CT molecular complexity index is 450. The monoisotopic (exact) mass is 262 g/mol. The summed E-state index contributed by atoms with van der Waals surface area (Å²) in [6.07, 6.45) is 4.57. The van der Waals surface area contributed by atoms with Crippen LogP contribution in [0.1, 0.15) is 46.5 Å². The minimum Gasteiger partial charge on any atom is -0.279 e. The van der Waals surface area contributed by atoms with Gasteiger partial charge in [0.2, 0.25) is 12.2 Å². The van der Waals surface area contributed by atoms with Crippen LogP contribution in [0.3, 0.4) is 0 Å². The van der Waals surface area contributed by atoms with Crippen LogP contribution < -0.4 is 5.43 Å². The molecule has 1 amide bonds. The van der Waals surface area contributed by atoms with Crippen LogP contribution in [0.4, 0.5) is 0 Å². The lowest BCUT2D eigenvalue weighted by Gasteiger charge is -2.28. The van der Waals surface area contributed by atoms with Crippen LogP contribution in [0.25, 0.3) is 0 Å². The lowest BCUT2D eigenvalue weighted by molar-refractivity contribution is -0.134. The highest BCUT2D eigenvalue weighted by Gasteiger charge is 2.38. The third kappa shape index (κ3) is 2.69. The topological polar surface area (TPSA) is 57.1 Å². The summed E-state index contributed by atoms with van der Waals surface area (Å²) in [6.45, 7) is 10.0. The zero-order chi connectivity index (χ0) is 14.0. The van der Waals surface area contributed by atoms with E-state index in [1.807, 2.05) is 13.0 Å². The number of fused-ring (bicyclic) bond motifs is 1. The van der Waals surface area contributed by atoms with E-state index in [2.05, 4.69) is 35.8 Å². The molecule has 2 aliphatic rings. The van der Waals surface area contributed by atoms with Gasteiger partial charge in [0, 0.05) is 11.1 Å². The second-order valence-electron chi connectivity index (χ2n) is 5.64. The third-order valence-corrected chi connectivity index (χ3v) is 3.65. The SMILES string of the molecule is C=CCCC(C)(C)C1=NC2N=C(CC)CC(=O)N2N1. The van der Waals surface area contributed by atoms with Gasteiger partial charge < -0.3 is 0 Å². The standard InChI is InChI=1S/C14H22N4O/c1-5-7-8-14(3,4)12-16-13-15-10(6-2)9-11(19)18(13)17-12/h5,13H,1,6-9H2,2-4H3,(H,16,17). The first kappa shape index (κ1) is 13.8. The highest BCUT2D eigenvalue weighted by molar-refractivity contribution is 6.04. The van der Waals surface area contributed by atoms with E-state index in [1.165, 1.54) is 0 Å². The van der Waals surface area contributed by atoms with Crippen molar-refractivity contribution in [2.24, 2.45) is 15.4 Å². The van der Waals surface area contributed by atoms with Crippen molar-refractivity contribution in [2.45, 2.75) is 52.7 Å². The molecule has 0 bridgehead atoms. The Kier molecular flexibility index (Phi) is 3.73. The van der Waals surface area contributed by atoms with E-state index in [0.29, 0.717) is 6.42 Å².